The average Bonchev–Trinajstić information content (AvgIpc) is 3.42. The van der Waals surface area contributed by atoms with Crippen molar-refractivity contribution in [2.24, 2.45) is 23.7 Å². The van der Waals surface area contributed by atoms with E-state index in [0.29, 0.717) is 17.1 Å². The van der Waals surface area contributed by atoms with Crippen LogP contribution < -0.4 is 4.74 Å². The lowest BCUT2D eigenvalue weighted by Gasteiger charge is -2.26. The van der Waals surface area contributed by atoms with Crippen LogP contribution in [-0.2, 0) is 19.1 Å². The van der Waals surface area contributed by atoms with E-state index in [1.165, 1.54) is 24.3 Å². The van der Waals surface area contributed by atoms with Crippen LogP contribution in [0.4, 0.5) is 5.69 Å². The molecule has 0 N–H and O–H groups in total. The third-order valence-corrected chi connectivity index (χ3v) is 7.80. The number of ether oxygens (including phenoxy) is 3. The molecule has 3 fully saturated rings. The van der Waals surface area contributed by atoms with E-state index < -0.39 is 29.3 Å². The van der Waals surface area contributed by atoms with Crippen molar-refractivity contribution in [2.45, 2.75) is 17.4 Å². The number of carbonyl (C=O) groups excluding carboxylic acids is 3. The highest BCUT2D eigenvalue weighted by Crippen LogP contribution is 2.60. The standard InChI is InChI=1S/C23H18BrNO8/c24-20-15-9-16-19(23(28)33-21(16)20)18(15)22(27)31-10-17(26)11-1-5-13(6-2-11)32-14-7-3-12(4-8-14)25(29)30/h1-8,15-16,18-21H,9-10H2/t15-,16-,18-,19+,20-,21+/m1/s1. The third-order valence-electron chi connectivity index (χ3n) is 6.60. The molecule has 0 radical (unpaired) electrons. The number of nitrogens with zero attached hydrogens (tertiary/aromatic N) is 1. The summed E-state index contributed by atoms with van der Waals surface area (Å²) in [4.78, 5) is 47.5. The van der Waals surface area contributed by atoms with Gasteiger partial charge in [-0.15, -0.1) is 0 Å². The lowest BCUT2D eigenvalue weighted by molar-refractivity contribution is -0.384. The van der Waals surface area contributed by atoms with Crippen LogP contribution >= 0.6 is 15.9 Å². The van der Waals surface area contributed by atoms with Crippen LogP contribution in [0.1, 0.15) is 16.8 Å². The van der Waals surface area contributed by atoms with Gasteiger partial charge in [-0.3, -0.25) is 24.5 Å². The van der Waals surface area contributed by atoms with Crippen molar-refractivity contribution in [1.82, 2.24) is 0 Å². The molecule has 6 atom stereocenters. The van der Waals surface area contributed by atoms with E-state index in [4.69, 9.17) is 14.2 Å². The van der Waals surface area contributed by atoms with Gasteiger partial charge in [0.15, 0.2) is 12.4 Å². The number of esters is 2. The largest absolute Gasteiger partial charge is 0.461 e. The maximum Gasteiger partial charge on any atom is 0.310 e. The fourth-order valence-electron chi connectivity index (χ4n) is 5.09. The van der Waals surface area contributed by atoms with Gasteiger partial charge in [0.05, 0.1) is 21.6 Å². The van der Waals surface area contributed by atoms with Crippen LogP contribution in [-0.4, -0.2) is 40.2 Å². The third kappa shape index (κ3) is 3.78. The predicted octanol–water partition coefficient (Wildman–Crippen LogP) is 3.68. The van der Waals surface area contributed by atoms with Crippen LogP contribution in [0.5, 0.6) is 11.5 Å². The summed E-state index contributed by atoms with van der Waals surface area (Å²) in [5, 5.41) is 10.7. The Kier molecular flexibility index (Phi) is 5.40. The second-order valence-electron chi connectivity index (χ2n) is 8.37. The highest BCUT2D eigenvalue weighted by Gasteiger charge is 2.68. The van der Waals surface area contributed by atoms with Gasteiger partial charge in [0.2, 0.25) is 0 Å². The Hall–Kier alpha value is -3.27. The number of halogens is 1. The monoisotopic (exact) mass is 515 g/mol. The number of hydrogen-bond donors (Lipinski definition) is 0. The van der Waals surface area contributed by atoms with E-state index in [1.807, 2.05) is 0 Å². The molecule has 3 aliphatic rings. The first kappa shape index (κ1) is 21.6. The number of carbonyl (C=O) groups is 3. The van der Waals surface area contributed by atoms with Crippen molar-refractivity contribution in [2.75, 3.05) is 6.61 Å². The molecule has 9 nitrogen and oxygen atoms in total. The maximum atomic E-state index is 12.7. The number of nitro groups is 1. The molecule has 2 bridgehead atoms. The molecule has 1 heterocycles. The minimum absolute atomic E-state index is 0.0309. The van der Waals surface area contributed by atoms with Crippen LogP contribution in [0.3, 0.4) is 0 Å². The second-order valence-corrected chi connectivity index (χ2v) is 9.43. The van der Waals surface area contributed by atoms with Gasteiger partial charge >= 0.3 is 11.9 Å². The van der Waals surface area contributed by atoms with Crippen molar-refractivity contribution < 1.29 is 33.5 Å². The van der Waals surface area contributed by atoms with Crippen molar-refractivity contribution in [1.29, 1.82) is 0 Å². The smallest absolute Gasteiger partial charge is 0.310 e. The van der Waals surface area contributed by atoms with Gasteiger partial charge in [-0.2, -0.15) is 0 Å². The second kappa shape index (κ2) is 8.26. The number of hydrogen-bond acceptors (Lipinski definition) is 8. The number of alkyl halides is 1. The van der Waals surface area contributed by atoms with Gasteiger partial charge in [0.25, 0.3) is 5.69 Å². The lowest BCUT2D eigenvalue weighted by Crippen LogP contribution is -2.39. The molecular weight excluding hydrogens is 498 g/mol. The summed E-state index contributed by atoms with van der Waals surface area (Å²) in [7, 11) is 0. The Morgan fingerprint density at radius 2 is 1.70 bits per heavy atom. The molecule has 5 rings (SSSR count). The molecule has 2 aromatic rings. The molecule has 33 heavy (non-hydrogen) atoms. The topological polar surface area (TPSA) is 122 Å². The van der Waals surface area contributed by atoms with Gasteiger partial charge < -0.3 is 14.2 Å². The summed E-state index contributed by atoms with van der Waals surface area (Å²) in [6.07, 6.45) is 0.561. The van der Waals surface area contributed by atoms with Gasteiger partial charge in [-0.1, -0.05) is 15.9 Å². The summed E-state index contributed by atoms with van der Waals surface area (Å²) in [6, 6.07) is 11.9. The Morgan fingerprint density at radius 3 is 2.33 bits per heavy atom. The number of rotatable bonds is 7. The summed E-state index contributed by atoms with van der Waals surface area (Å²) in [5.74, 6) is -1.49. The molecule has 0 aromatic heterocycles. The highest BCUT2D eigenvalue weighted by molar-refractivity contribution is 9.09. The zero-order valence-electron chi connectivity index (χ0n) is 17.1. The van der Waals surface area contributed by atoms with Gasteiger partial charge in [0.1, 0.15) is 17.6 Å². The quantitative estimate of drug-likeness (QED) is 0.180. The predicted molar refractivity (Wildman–Crippen MR) is 116 cm³/mol. The average molecular weight is 516 g/mol. The first-order valence-corrected chi connectivity index (χ1v) is 11.3. The van der Waals surface area contributed by atoms with E-state index >= 15 is 0 Å². The van der Waals surface area contributed by atoms with Gasteiger partial charge in [0, 0.05) is 23.6 Å². The first-order valence-electron chi connectivity index (χ1n) is 10.4. The molecule has 10 heteroatoms. The number of ketones is 1. The van der Waals surface area contributed by atoms with Crippen molar-refractivity contribution >= 4 is 39.3 Å². The SMILES string of the molecule is O=C(COC(=O)[C@@H]1[C@H]2C[C@H]3[C@H](OC(=O)[C@@H]31)[C@@H]2Br)c1ccc(Oc2ccc([N+](=O)[O-])cc2)cc1. The van der Waals surface area contributed by atoms with Crippen LogP contribution in [0.15, 0.2) is 48.5 Å². The Morgan fingerprint density at radius 1 is 1.06 bits per heavy atom. The van der Waals surface area contributed by atoms with E-state index in [1.54, 1.807) is 24.3 Å². The molecule has 0 unspecified atom stereocenters. The zero-order chi connectivity index (χ0) is 23.3. The Labute approximate surface area is 196 Å². The molecule has 0 amide bonds. The molecule has 2 aromatic carbocycles. The normalized spacial score (nSPS) is 28.9. The van der Waals surface area contributed by atoms with E-state index in [9.17, 15) is 24.5 Å². The fourth-order valence-corrected chi connectivity index (χ4v) is 6.14. The fraction of sp³-hybridized carbons (Fsp3) is 0.348. The number of fused-ring (bicyclic) bond motifs is 1. The number of nitro benzene ring substituents is 1. The highest BCUT2D eigenvalue weighted by atomic mass is 79.9. The molecule has 0 spiro atoms. The van der Waals surface area contributed by atoms with Crippen molar-refractivity contribution in [3.8, 4) is 11.5 Å². The summed E-state index contributed by atoms with van der Waals surface area (Å²) >= 11 is 3.55. The van der Waals surface area contributed by atoms with Crippen molar-refractivity contribution in [3.63, 3.8) is 0 Å². The van der Waals surface area contributed by atoms with E-state index in [-0.39, 0.29) is 40.2 Å². The molecule has 2 saturated carbocycles. The van der Waals surface area contributed by atoms with Crippen LogP contribution in [0.2, 0.25) is 0 Å². The summed E-state index contributed by atoms with van der Waals surface area (Å²) in [5.41, 5.74) is 0.296. The van der Waals surface area contributed by atoms with Crippen LogP contribution in [0, 0.1) is 33.8 Å². The lowest BCUT2D eigenvalue weighted by atomic mass is 9.80. The minimum atomic E-state index is -0.587. The van der Waals surface area contributed by atoms with Gasteiger partial charge in [-0.05, 0) is 48.7 Å². The van der Waals surface area contributed by atoms with E-state index in [2.05, 4.69) is 15.9 Å². The number of non-ortho nitro benzene ring substituents is 1. The van der Waals surface area contributed by atoms with Crippen LogP contribution in [0.25, 0.3) is 0 Å². The Balaban J connectivity index is 1.17. The molecular formula is C23H18BrNO8. The summed E-state index contributed by atoms with van der Waals surface area (Å²) in [6.45, 7) is -0.423. The Bertz CT molecular complexity index is 1130. The number of benzene rings is 2. The van der Waals surface area contributed by atoms with Crippen molar-refractivity contribution in [3.05, 3.63) is 64.2 Å². The minimum Gasteiger partial charge on any atom is -0.461 e. The van der Waals surface area contributed by atoms with E-state index in [0.717, 1.165) is 6.42 Å². The maximum absolute atomic E-state index is 12.7. The molecule has 1 aliphatic heterocycles. The van der Waals surface area contributed by atoms with Gasteiger partial charge in [-0.25, -0.2) is 0 Å². The molecule has 170 valence electrons. The number of Topliss-reactive ketones (excluding diaryl/α,β-unsaturated/α-hetero) is 1. The molecule has 1 saturated heterocycles. The first-order chi connectivity index (χ1) is 15.8. The zero-order valence-corrected chi connectivity index (χ0v) is 18.7. The summed E-state index contributed by atoms with van der Waals surface area (Å²) < 4.78 is 16.3. The molecule has 2 aliphatic carbocycles.